The molecule has 0 saturated carbocycles. The second-order valence-corrected chi connectivity index (χ2v) is 4.54. The number of esters is 1. The Kier molecular flexibility index (Phi) is 3.36. The Bertz CT molecular complexity index is 428. The third-order valence-corrected chi connectivity index (χ3v) is 3.53. The molecule has 1 aromatic carbocycles. The lowest BCUT2D eigenvalue weighted by Gasteiger charge is -2.16. The van der Waals surface area contributed by atoms with Gasteiger partial charge in [-0.1, -0.05) is 19.1 Å². The van der Waals surface area contributed by atoms with Crippen LogP contribution in [-0.2, 0) is 16.0 Å². The van der Waals surface area contributed by atoms with Gasteiger partial charge in [0.1, 0.15) is 0 Å². The van der Waals surface area contributed by atoms with Gasteiger partial charge in [-0.3, -0.25) is 4.79 Å². The zero-order valence-electron chi connectivity index (χ0n) is 10.7. The second kappa shape index (κ2) is 4.78. The molecule has 0 fully saturated rings. The monoisotopic (exact) mass is 233 g/mol. The van der Waals surface area contributed by atoms with Gasteiger partial charge in [-0.05, 0) is 30.0 Å². The van der Waals surface area contributed by atoms with Gasteiger partial charge < -0.3 is 9.64 Å². The molecule has 1 aliphatic heterocycles. The molecule has 1 aliphatic rings. The highest BCUT2D eigenvalue weighted by Crippen LogP contribution is 2.31. The van der Waals surface area contributed by atoms with Crippen LogP contribution in [0, 0.1) is 0 Å². The van der Waals surface area contributed by atoms with Crippen LogP contribution >= 0.6 is 0 Å². The number of likely N-dealkylation sites (N-methyl/N-ethyl adjacent to an activating group) is 1. The van der Waals surface area contributed by atoms with Crippen LogP contribution < -0.4 is 4.90 Å². The number of methoxy groups -OCH3 is 1. The first-order valence-corrected chi connectivity index (χ1v) is 6.09. The molecule has 0 saturated heterocycles. The zero-order valence-corrected chi connectivity index (χ0v) is 10.7. The van der Waals surface area contributed by atoms with Crippen molar-refractivity contribution in [3.8, 4) is 0 Å². The summed E-state index contributed by atoms with van der Waals surface area (Å²) in [7, 11) is 3.55. The summed E-state index contributed by atoms with van der Waals surface area (Å²) in [6, 6.07) is 6.32. The molecule has 0 bridgehead atoms. The number of fused-ring (bicyclic) bond motifs is 1. The molecule has 1 unspecified atom stereocenters. The minimum absolute atomic E-state index is 0.129. The van der Waals surface area contributed by atoms with Gasteiger partial charge in [0, 0.05) is 19.3 Å². The summed E-state index contributed by atoms with van der Waals surface area (Å²) in [5.41, 5.74) is 3.70. The van der Waals surface area contributed by atoms with Crippen molar-refractivity contribution >= 4 is 11.7 Å². The Hall–Kier alpha value is -1.51. The third-order valence-electron chi connectivity index (χ3n) is 3.53. The fourth-order valence-corrected chi connectivity index (χ4v) is 2.48. The van der Waals surface area contributed by atoms with Gasteiger partial charge in [0.15, 0.2) is 0 Å². The van der Waals surface area contributed by atoms with Crippen LogP contribution in [-0.4, -0.2) is 26.7 Å². The van der Waals surface area contributed by atoms with Crippen molar-refractivity contribution < 1.29 is 9.53 Å². The number of ether oxygens (including phenoxy) is 1. The Morgan fingerprint density at radius 2 is 2.29 bits per heavy atom. The molecule has 3 heteroatoms. The highest BCUT2D eigenvalue weighted by Gasteiger charge is 2.22. The maximum absolute atomic E-state index is 11.7. The van der Waals surface area contributed by atoms with E-state index >= 15 is 0 Å². The van der Waals surface area contributed by atoms with Gasteiger partial charge >= 0.3 is 5.97 Å². The highest BCUT2D eigenvalue weighted by molar-refractivity contribution is 5.78. The van der Waals surface area contributed by atoms with Crippen LogP contribution in [0.2, 0.25) is 0 Å². The van der Waals surface area contributed by atoms with Crippen molar-refractivity contribution in [3.05, 3.63) is 29.3 Å². The molecule has 0 amide bonds. The van der Waals surface area contributed by atoms with Crippen LogP contribution in [0.25, 0.3) is 0 Å². The molecule has 1 atom stereocenters. The summed E-state index contributed by atoms with van der Waals surface area (Å²) in [4.78, 5) is 13.9. The summed E-state index contributed by atoms with van der Waals surface area (Å²) in [5.74, 6) is -0.269. The fourth-order valence-electron chi connectivity index (χ4n) is 2.48. The Balaban J connectivity index is 2.31. The molecule has 92 valence electrons. The molecule has 2 rings (SSSR count). The molecule has 0 aliphatic carbocycles. The molecule has 0 spiro atoms. The first-order valence-electron chi connectivity index (χ1n) is 6.09. The van der Waals surface area contributed by atoms with E-state index in [2.05, 4.69) is 24.1 Å². The number of nitrogens with zero attached hydrogens (tertiary/aromatic N) is 1. The molecule has 17 heavy (non-hydrogen) atoms. The topological polar surface area (TPSA) is 29.5 Å². The van der Waals surface area contributed by atoms with E-state index in [1.54, 1.807) is 0 Å². The predicted molar refractivity (Wildman–Crippen MR) is 68.5 cm³/mol. The predicted octanol–water partition coefficient (Wildman–Crippen LogP) is 2.35. The molecule has 1 aromatic rings. The van der Waals surface area contributed by atoms with E-state index in [1.807, 2.05) is 13.0 Å². The first-order chi connectivity index (χ1) is 8.17. The van der Waals surface area contributed by atoms with Crippen molar-refractivity contribution in [2.24, 2.45) is 0 Å². The van der Waals surface area contributed by atoms with E-state index in [0.717, 1.165) is 24.9 Å². The minimum Gasteiger partial charge on any atom is -0.469 e. The number of rotatable bonds is 3. The van der Waals surface area contributed by atoms with Crippen LogP contribution in [0.3, 0.4) is 0 Å². The molecule has 0 N–H and O–H groups in total. The summed E-state index contributed by atoms with van der Waals surface area (Å²) >= 11 is 0. The molecule has 3 nitrogen and oxygen atoms in total. The number of carbonyl (C=O) groups is 1. The van der Waals surface area contributed by atoms with Crippen molar-refractivity contribution in [3.63, 3.8) is 0 Å². The van der Waals surface area contributed by atoms with E-state index in [0.29, 0.717) is 0 Å². The molecule has 0 aromatic heterocycles. The quantitative estimate of drug-likeness (QED) is 0.750. The van der Waals surface area contributed by atoms with E-state index in [4.69, 9.17) is 4.74 Å². The highest BCUT2D eigenvalue weighted by atomic mass is 16.5. The number of carbonyl (C=O) groups excluding carboxylic acids is 1. The van der Waals surface area contributed by atoms with Gasteiger partial charge in [0.2, 0.25) is 0 Å². The van der Waals surface area contributed by atoms with Crippen molar-refractivity contribution in [1.29, 1.82) is 0 Å². The van der Waals surface area contributed by atoms with Crippen molar-refractivity contribution in [1.82, 2.24) is 0 Å². The van der Waals surface area contributed by atoms with Crippen molar-refractivity contribution in [2.45, 2.75) is 25.7 Å². The number of hydrogen-bond donors (Lipinski definition) is 0. The lowest BCUT2D eigenvalue weighted by atomic mass is 9.94. The van der Waals surface area contributed by atoms with Gasteiger partial charge in [-0.25, -0.2) is 0 Å². The standard InChI is InChI=1S/C14H19NO2/c1-4-12(14(16)17-3)10-5-6-13-11(9-10)7-8-15(13)2/h5-6,9,12H,4,7-8H2,1-3H3. The van der Waals surface area contributed by atoms with Crippen LogP contribution in [0.5, 0.6) is 0 Å². The fraction of sp³-hybridized carbons (Fsp3) is 0.500. The summed E-state index contributed by atoms with van der Waals surface area (Å²) in [5, 5.41) is 0. The van der Waals surface area contributed by atoms with Crippen molar-refractivity contribution in [2.75, 3.05) is 25.6 Å². The van der Waals surface area contributed by atoms with E-state index < -0.39 is 0 Å². The number of hydrogen-bond acceptors (Lipinski definition) is 3. The van der Waals surface area contributed by atoms with Gasteiger partial charge in [-0.2, -0.15) is 0 Å². The van der Waals surface area contributed by atoms with Crippen LogP contribution in [0.15, 0.2) is 18.2 Å². The lowest BCUT2D eigenvalue weighted by Crippen LogP contribution is -2.14. The molecular formula is C14H19NO2. The average molecular weight is 233 g/mol. The Labute approximate surface area is 102 Å². The van der Waals surface area contributed by atoms with E-state index in [-0.39, 0.29) is 11.9 Å². The smallest absolute Gasteiger partial charge is 0.313 e. The minimum atomic E-state index is -0.140. The van der Waals surface area contributed by atoms with Crippen LogP contribution in [0.1, 0.15) is 30.4 Å². The molecule has 1 heterocycles. The second-order valence-electron chi connectivity index (χ2n) is 4.54. The zero-order chi connectivity index (χ0) is 12.4. The van der Waals surface area contributed by atoms with Gasteiger partial charge in [0.05, 0.1) is 13.0 Å². The van der Waals surface area contributed by atoms with E-state index in [1.165, 1.54) is 18.4 Å². The average Bonchev–Trinajstić information content (AvgIpc) is 2.71. The maximum atomic E-state index is 11.7. The van der Waals surface area contributed by atoms with Gasteiger partial charge in [-0.15, -0.1) is 0 Å². The van der Waals surface area contributed by atoms with E-state index in [9.17, 15) is 4.79 Å². The van der Waals surface area contributed by atoms with Gasteiger partial charge in [0.25, 0.3) is 0 Å². The Morgan fingerprint density at radius 1 is 1.53 bits per heavy atom. The maximum Gasteiger partial charge on any atom is 0.313 e. The summed E-state index contributed by atoms with van der Waals surface area (Å²) < 4.78 is 4.85. The Morgan fingerprint density at radius 3 is 2.94 bits per heavy atom. The number of anilines is 1. The first kappa shape index (κ1) is 12.0. The normalized spacial score (nSPS) is 15.6. The third kappa shape index (κ3) is 2.14. The largest absolute Gasteiger partial charge is 0.469 e. The number of benzene rings is 1. The van der Waals surface area contributed by atoms with Crippen LogP contribution in [0.4, 0.5) is 5.69 Å². The summed E-state index contributed by atoms with van der Waals surface area (Å²) in [6.45, 7) is 3.08. The molecular weight excluding hydrogens is 214 g/mol. The summed E-state index contributed by atoms with van der Waals surface area (Å²) in [6.07, 6.45) is 1.85. The lowest BCUT2D eigenvalue weighted by molar-refractivity contribution is -0.142. The SMILES string of the molecule is CCC(C(=O)OC)c1ccc2c(c1)CCN2C. The molecule has 0 radical (unpaired) electrons.